The lowest BCUT2D eigenvalue weighted by Gasteiger charge is -2.31. The van der Waals surface area contributed by atoms with Crippen molar-refractivity contribution in [2.75, 3.05) is 11.4 Å². The lowest BCUT2D eigenvalue weighted by Crippen LogP contribution is -2.35. The van der Waals surface area contributed by atoms with E-state index in [1.54, 1.807) is 39.8 Å². The third-order valence-corrected chi connectivity index (χ3v) is 4.16. The van der Waals surface area contributed by atoms with E-state index in [-0.39, 0.29) is 24.2 Å². The van der Waals surface area contributed by atoms with Gasteiger partial charge in [-0.2, -0.15) is 0 Å². The molecule has 0 amide bonds. The van der Waals surface area contributed by atoms with Gasteiger partial charge in [-0.3, -0.25) is 4.79 Å². The molecule has 4 rings (SSSR count). The lowest BCUT2D eigenvalue weighted by atomic mass is 10.1. The Hall–Kier alpha value is -2.60. The Kier molecular flexibility index (Phi) is 3.02. The summed E-state index contributed by atoms with van der Waals surface area (Å²) < 4.78 is 16.6. The van der Waals surface area contributed by atoms with Crippen molar-refractivity contribution in [1.29, 1.82) is 0 Å². The number of hydrogen-bond donors (Lipinski definition) is 1. The van der Waals surface area contributed by atoms with E-state index in [1.165, 1.54) is 0 Å². The van der Waals surface area contributed by atoms with Crippen molar-refractivity contribution in [1.82, 2.24) is 9.55 Å². The van der Waals surface area contributed by atoms with Crippen molar-refractivity contribution >= 4 is 34.2 Å². The van der Waals surface area contributed by atoms with Crippen LogP contribution in [0.3, 0.4) is 0 Å². The maximum Gasteiger partial charge on any atom is 0.323 e. The normalized spacial score (nSPS) is 13.0. The van der Waals surface area contributed by atoms with E-state index in [4.69, 9.17) is 16.7 Å². The van der Waals surface area contributed by atoms with E-state index in [0.29, 0.717) is 28.0 Å². The minimum Gasteiger partial charge on any atom is -0.480 e. The Balaban J connectivity index is 2.04. The maximum absolute atomic E-state index is 14.9. The van der Waals surface area contributed by atoms with Crippen LogP contribution in [0.5, 0.6) is 0 Å². The van der Waals surface area contributed by atoms with Crippen molar-refractivity contribution in [2.24, 2.45) is 0 Å². The second-order valence-corrected chi connectivity index (χ2v) is 5.73. The summed E-state index contributed by atoms with van der Waals surface area (Å²) in [5, 5.41) is 9.85. The molecule has 0 atom stereocenters. The van der Waals surface area contributed by atoms with Gasteiger partial charge >= 0.3 is 5.97 Å². The largest absolute Gasteiger partial charge is 0.480 e. The molecule has 0 aliphatic carbocycles. The van der Waals surface area contributed by atoms with Crippen LogP contribution in [0.15, 0.2) is 36.4 Å². The van der Waals surface area contributed by atoms with Gasteiger partial charge in [0.25, 0.3) is 0 Å². The summed E-state index contributed by atoms with van der Waals surface area (Å²) in [7, 11) is 0. The molecule has 1 aliphatic rings. The molecule has 1 N–H and O–H groups in total. The number of carboxylic acid groups (broad SMARTS) is 1. The Labute approximate surface area is 135 Å². The number of fused-ring (bicyclic) bond motifs is 5. The van der Waals surface area contributed by atoms with Crippen LogP contribution in [-0.4, -0.2) is 27.2 Å². The third-order valence-electron chi connectivity index (χ3n) is 3.95. The summed E-state index contributed by atoms with van der Waals surface area (Å²) in [5.74, 6) is -1.34. The minimum atomic E-state index is -0.966. The number of para-hydroxylation sites is 1. The van der Waals surface area contributed by atoms with Crippen LogP contribution >= 0.6 is 11.6 Å². The number of hydrogen-bond acceptors (Lipinski definition) is 3. The zero-order valence-corrected chi connectivity index (χ0v) is 12.6. The number of pyridine rings is 1. The molecule has 0 radical (unpaired) electrons. The lowest BCUT2D eigenvalue weighted by molar-refractivity contribution is -0.135. The summed E-state index contributed by atoms with van der Waals surface area (Å²) in [6, 6.07) is 10.3. The van der Waals surface area contributed by atoms with Gasteiger partial charge in [0, 0.05) is 5.39 Å². The molecular formula is C16H11ClFN3O2. The first kappa shape index (κ1) is 14.0. The number of rotatable bonds is 2. The summed E-state index contributed by atoms with van der Waals surface area (Å²) in [4.78, 5) is 17.0. The van der Waals surface area contributed by atoms with Crippen molar-refractivity contribution in [3.63, 3.8) is 0 Å². The highest BCUT2D eigenvalue weighted by atomic mass is 35.5. The molecule has 1 aliphatic heterocycles. The maximum atomic E-state index is 14.9. The van der Waals surface area contributed by atoms with Crippen molar-refractivity contribution in [3.8, 4) is 11.4 Å². The molecule has 5 nitrogen and oxygen atoms in total. The molecule has 3 aromatic rings. The molecular weight excluding hydrogens is 321 g/mol. The van der Waals surface area contributed by atoms with Crippen LogP contribution in [0.25, 0.3) is 22.3 Å². The average molecular weight is 332 g/mol. The Morgan fingerprint density at radius 2 is 2.09 bits per heavy atom. The number of nitrogens with zero attached hydrogens (tertiary/aromatic N) is 3. The molecule has 116 valence electrons. The standard InChI is InChI=1S/C16H11ClFN3O2/c17-12-6-5-11-15(19-12)16-14(18)9-3-1-2-4-10(9)21(16)8-20(11)7-13(22)23/h1-6H,7-8H2,(H,22,23). The van der Waals surface area contributed by atoms with Crippen LogP contribution in [0.2, 0.25) is 5.15 Å². The topological polar surface area (TPSA) is 58.4 Å². The molecule has 7 heteroatoms. The van der Waals surface area contributed by atoms with Gasteiger partial charge in [0.15, 0.2) is 5.82 Å². The number of anilines is 1. The molecule has 0 bridgehead atoms. The van der Waals surface area contributed by atoms with Crippen LogP contribution in [0.4, 0.5) is 10.1 Å². The average Bonchev–Trinajstić information content (AvgIpc) is 2.80. The first-order valence-corrected chi connectivity index (χ1v) is 7.34. The molecule has 0 saturated heterocycles. The van der Waals surface area contributed by atoms with Gasteiger partial charge in [0.1, 0.15) is 23.1 Å². The minimum absolute atomic E-state index is 0.204. The summed E-state index contributed by atoms with van der Waals surface area (Å²) >= 11 is 5.97. The second kappa shape index (κ2) is 4.96. The summed E-state index contributed by atoms with van der Waals surface area (Å²) in [6.45, 7) is 0.0340. The third kappa shape index (κ3) is 2.06. The number of carboxylic acids is 1. The van der Waals surface area contributed by atoms with Crippen molar-refractivity contribution in [3.05, 3.63) is 47.4 Å². The quantitative estimate of drug-likeness (QED) is 0.732. The van der Waals surface area contributed by atoms with Crippen molar-refractivity contribution < 1.29 is 14.3 Å². The highest BCUT2D eigenvalue weighted by molar-refractivity contribution is 6.29. The van der Waals surface area contributed by atoms with E-state index in [2.05, 4.69) is 4.98 Å². The highest BCUT2D eigenvalue weighted by Gasteiger charge is 2.30. The van der Waals surface area contributed by atoms with E-state index >= 15 is 0 Å². The Morgan fingerprint density at radius 1 is 1.30 bits per heavy atom. The first-order chi connectivity index (χ1) is 11.1. The molecule has 1 aromatic carbocycles. The van der Waals surface area contributed by atoms with Gasteiger partial charge in [0.2, 0.25) is 0 Å². The predicted molar refractivity (Wildman–Crippen MR) is 85.1 cm³/mol. The van der Waals surface area contributed by atoms with Gasteiger partial charge < -0.3 is 14.6 Å². The fourth-order valence-electron chi connectivity index (χ4n) is 3.04. The molecule has 0 saturated carbocycles. The Bertz CT molecular complexity index is 954. The smallest absolute Gasteiger partial charge is 0.323 e. The van der Waals surface area contributed by atoms with Gasteiger partial charge in [-0.25, -0.2) is 9.37 Å². The fraction of sp³-hybridized carbons (Fsp3) is 0.125. The fourth-order valence-corrected chi connectivity index (χ4v) is 3.19. The van der Waals surface area contributed by atoms with Crippen LogP contribution in [0.1, 0.15) is 0 Å². The van der Waals surface area contributed by atoms with Crippen molar-refractivity contribution in [2.45, 2.75) is 6.67 Å². The number of halogens is 2. The van der Waals surface area contributed by atoms with E-state index < -0.39 is 5.97 Å². The van der Waals surface area contributed by atoms with Crippen LogP contribution in [0, 0.1) is 5.82 Å². The van der Waals surface area contributed by atoms with Crippen LogP contribution in [-0.2, 0) is 11.5 Å². The van der Waals surface area contributed by atoms with Gasteiger partial charge in [-0.05, 0) is 24.3 Å². The second-order valence-electron chi connectivity index (χ2n) is 5.34. The van der Waals surface area contributed by atoms with Gasteiger partial charge in [0.05, 0.1) is 17.9 Å². The molecule has 23 heavy (non-hydrogen) atoms. The summed E-state index contributed by atoms with van der Waals surface area (Å²) in [6.07, 6.45) is 0. The predicted octanol–water partition coefficient (Wildman–Crippen LogP) is 3.36. The first-order valence-electron chi connectivity index (χ1n) is 6.96. The zero-order chi connectivity index (χ0) is 16.1. The SMILES string of the molecule is O=C(O)CN1Cn2c(c(F)c3ccccc32)-c2nc(Cl)ccc21. The van der Waals surface area contributed by atoms with E-state index in [1.807, 2.05) is 6.07 Å². The number of benzene rings is 1. The van der Waals surface area contributed by atoms with Crippen LogP contribution < -0.4 is 4.90 Å². The Morgan fingerprint density at radius 3 is 2.87 bits per heavy atom. The van der Waals surface area contributed by atoms with Gasteiger partial charge in [-0.15, -0.1) is 0 Å². The number of aliphatic carboxylic acids is 1. The number of aromatic nitrogens is 2. The zero-order valence-electron chi connectivity index (χ0n) is 11.8. The van der Waals surface area contributed by atoms with E-state index in [0.717, 1.165) is 0 Å². The van der Waals surface area contributed by atoms with E-state index in [9.17, 15) is 9.18 Å². The monoisotopic (exact) mass is 331 g/mol. The number of carbonyl (C=O) groups is 1. The molecule has 0 unspecified atom stereocenters. The molecule has 2 aromatic heterocycles. The van der Waals surface area contributed by atoms with Gasteiger partial charge in [-0.1, -0.05) is 23.7 Å². The highest BCUT2D eigenvalue weighted by Crippen LogP contribution is 2.41. The molecule has 0 spiro atoms. The summed E-state index contributed by atoms with van der Waals surface area (Å²) in [5.41, 5.74) is 1.96. The molecule has 0 fully saturated rings. The molecule has 3 heterocycles.